The predicted molar refractivity (Wildman–Crippen MR) is 114 cm³/mol. The lowest BCUT2D eigenvalue weighted by atomic mass is 10.2. The van der Waals surface area contributed by atoms with Crippen molar-refractivity contribution in [2.45, 2.75) is 24.8 Å². The second-order valence-electron chi connectivity index (χ2n) is 6.51. The van der Waals surface area contributed by atoms with Crippen molar-refractivity contribution < 1.29 is 27.5 Å². The summed E-state index contributed by atoms with van der Waals surface area (Å²) in [7, 11) is -3.95. The first kappa shape index (κ1) is 22.1. The summed E-state index contributed by atoms with van der Waals surface area (Å²) < 4.78 is 39.0. The summed E-state index contributed by atoms with van der Waals surface area (Å²) in [5.74, 6) is 0.236. The first-order valence-corrected chi connectivity index (χ1v) is 11.2. The number of anilines is 2. The minimum Gasteiger partial charge on any atom is -0.486 e. The molecule has 0 saturated heterocycles. The zero-order chi connectivity index (χ0) is 21.9. The summed E-state index contributed by atoms with van der Waals surface area (Å²) >= 11 is 3.36. The largest absolute Gasteiger partial charge is 0.486 e. The van der Waals surface area contributed by atoms with E-state index in [0.29, 0.717) is 40.6 Å². The molecule has 1 heterocycles. The van der Waals surface area contributed by atoms with Crippen LogP contribution >= 0.6 is 15.9 Å². The van der Waals surface area contributed by atoms with Crippen LogP contribution in [0.5, 0.6) is 11.5 Å². The van der Waals surface area contributed by atoms with Crippen molar-refractivity contribution in [1.82, 2.24) is 4.72 Å². The average molecular weight is 498 g/mol. The van der Waals surface area contributed by atoms with E-state index in [1.165, 1.54) is 38.1 Å². The summed E-state index contributed by atoms with van der Waals surface area (Å²) in [5, 5.41) is 5.22. The number of hydrogen-bond acceptors (Lipinski definition) is 6. The van der Waals surface area contributed by atoms with Gasteiger partial charge in [0.15, 0.2) is 11.5 Å². The summed E-state index contributed by atoms with van der Waals surface area (Å²) in [6, 6.07) is 7.85. The first-order valence-electron chi connectivity index (χ1n) is 8.96. The van der Waals surface area contributed by atoms with Crippen LogP contribution in [0.3, 0.4) is 0 Å². The Kier molecular flexibility index (Phi) is 6.64. The number of carbonyl (C=O) groups excluding carboxylic acids is 2. The molecule has 1 atom stereocenters. The average Bonchev–Trinajstić information content (AvgIpc) is 2.68. The number of rotatable bonds is 6. The van der Waals surface area contributed by atoms with Crippen LogP contribution in [0.2, 0.25) is 0 Å². The van der Waals surface area contributed by atoms with E-state index in [9.17, 15) is 18.0 Å². The minimum atomic E-state index is -3.95. The van der Waals surface area contributed by atoms with Crippen LogP contribution < -0.4 is 24.8 Å². The minimum absolute atomic E-state index is 0.0308. The van der Waals surface area contributed by atoms with E-state index in [1.807, 2.05) is 0 Å². The number of hydrogen-bond donors (Lipinski definition) is 3. The van der Waals surface area contributed by atoms with Crippen molar-refractivity contribution in [3.8, 4) is 11.5 Å². The molecule has 2 aromatic rings. The molecule has 2 amide bonds. The van der Waals surface area contributed by atoms with Gasteiger partial charge in [-0.25, -0.2) is 8.42 Å². The van der Waals surface area contributed by atoms with Gasteiger partial charge in [0, 0.05) is 29.2 Å². The molecular formula is C19H20BrN3O6S. The fourth-order valence-electron chi connectivity index (χ4n) is 2.68. The topological polar surface area (TPSA) is 123 Å². The predicted octanol–water partition coefficient (Wildman–Crippen LogP) is 2.48. The third-order valence-electron chi connectivity index (χ3n) is 4.10. The standard InChI is InChI=1S/C19H20BrN3O6S/c1-11(23-30(26,27)14-5-3-13(4-6-14)21-12(2)24)19(25)22-16-10-18-17(9-15(16)20)28-7-8-29-18/h3-6,9-11,23H,7-8H2,1-2H3,(H,21,24)(H,22,25). The molecule has 0 radical (unpaired) electrons. The molecule has 1 aliphatic heterocycles. The van der Waals surface area contributed by atoms with Crippen molar-refractivity contribution >= 4 is 49.1 Å². The maximum atomic E-state index is 12.6. The van der Waals surface area contributed by atoms with Crippen LogP contribution in [0.4, 0.5) is 11.4 Å². The normalized spacial score (nSPS) is 14.0. The van der Waals surface area contributed by atoms with E-state index in [0.717, 1.165) is 0 Å². The quantitative estimate of drug-likeness (QED) is 0.563. The van der Waals surface area contributed by atoms with Gasteiger partial charge in [-0.3, -0.25) is 9.59 Å². The van der Waals surface area contributed by atoms with Gasteiger partial charge in [0.05, 0.1) is 16.6 Å². The number of benzene rings is 2. The molecule has 160 valence electrons. The maximum Gasteiger partial charge on any atom is 0.242 e. The maximum absolute atomic E-state index is 12.6. The lowest BCUT2D eigenvalue weighted by molar-refractivity contribution is -0.117. The van der Waals surface area contributed by atoms with Crippen molar-refractivity contribution in [3.63, 3.8) is 0 Å². The molecule has 0 saturated carbocycles. The Hall–Kier alpha value is -2.63. The Balaban J connectivity index is 1.68. The van der Waals surface area contributed by atoms with Gasteiger partial charge in [-0.2, -0.15) is 4.72 Å². The van der Waals surface area contributed by atoms with E-state index < -0.39 is 22.0 Å². The van der Waals surface area contributed by atoms with Crippen LogP contribution in [0.15, 0.2) is 45.8 Å². The zero-order valence-electron chi connectivity index (χ0n) is 16.2. The fourth-order valence-corrected chi connectivity index (χ4v) is 4.30. The molecule has 3 rings (SSSR count). The van der Waals surface area contributed by atoms with Crippen molar-refractivity contribution in [3.05, 3.63) is 40.9 Å². The highest BCUT2D eigenvalue weighted by Crippen LogP contribution is 2.38. The third kappa shape index (κ3) is 5.29. The number of carbonyl (C=O) groups is 2. The van der Waals surface area contributed by atoms with Gasteiger partial charge in [-0.1, -0.05) is 0 Å². The van der Waals surface area contributed by atoms with Crippen molar-refractivity contribution in [2.75, 3.05) is 23.8 Å². The van der Waals surface area contributed by atoms with E-state index in [2.05, 4.69) is 31.3 Å². The smallest absolute Gasteiger partial charge is 0.242 e. The van der Waals surface area contributed by atoms with Crippen LogP contribution in [0.1, 0.15) is 13.8 Å². The molecule has 0 fully saturated rings. The van der Waals surface area contributed by atoms with Crippen molar-refractivity contribution in [2.24, 2.45) is 0 Å². The molecule has 0 aliphatic carbocycles. The van der Waals surface area contributed by atoms with E-state index in [-0.39, 0.29) is 10.8 Å². The summed E-state index contributed by atoms with van der Waals surface area (Å²) in [6.45, 7) is 3.63. The Morgan fingerprint density at radius 2 is 1.63 bits per heavy atom. The van der Waals surface area contributed by atoms with E-state index in [1.54, 1.807) is 12.1 Å². The Morgan fingerprint density at radius 1 is 1.03 bits per heavy atom. The first-order chi connectivity index (χ1) is 14.2. The lowest BCUT2D eigenvalue weighted by Gasteiger charge is -2.21. The molecule has 0 aromatic heterocycles. The van der Waals surface area contributed by atoms with Gasteiger partial charge in [-0.05, 0) is 47.1 Å². The molecule has 1 aliphatic rings. The van der Waals surface area contributed by atoms with Gasteiger partial charge < -0.3 is 20.1 Å². The van der Waals surface area contributed by atoms with Gasteiger partial charge in [0.2, 0.25) is 21.8 Å². The summed E-state index contributed by atoms with van der Waals surface area (Å²) in [4.78, 5) is 23.6. The number of ether oxygens (including phenoxy) is 2. The SMILES string of the molecule is CC(=O)Nc1ccc(S(=O)(=O)NC(C)C(=O)Nc2cc3c(cc2Br)OCCO3)cc1. The second-order valence-corrected chi connectivity index (χ2v) is 9.08. The second kappa shape index (κ2) is 9.02. The van der Waals surface area contributed by atoms with Crippen LogP contribution in [0.25, 0.3) is 0 Å². The molecule has 1 unspecified atom stereocenters. The summed E-state index contributed by atoms with van der Waals surface area (Å²) in [5.41, 5.74) is 0.894. The summed E-state index contributed by atoms with van der Waals surface area (Å²) in [6.07, 6.45) is 0. The number of sulfonamides is 1. The molecule has 3 N–H and O–H groups in total. The molecule has 0 spiro atoms. The number of halogens is 1. The molecule has 11 heteroatoms. The van der Waals surface area contributed by atoms with Crippen LogP contribution in [-0.2, 0) is 19.6 Å². The fraction of sp³-hybridized carbons (Fsp3) is 0.263. The van der Waals surface area contributed by atoms with Gasteiger partial charge in [-0.15, -0.1) is 0 Å². The molecule has 0 bridgehead atoms. The van der Waals surface area contributed by atoms with Crippen molar-refractivity contribution in [1.29, 1.82) is 0 Å². The Bertz CT molecular complexity index is 1070. The van der Waals surface area contributed by atoms with Crippen LogP contribution in [-0.4, -0.2) is 39.5 Å². The molecule has 9 nitrogen and oxygen atoms in total. The van der Waals surface area contributed by atoms with Gasteiger partial charge >= 0.3 is 0 Å². The highest BCUT2D eigenvalue weighted by molar-refractivity contribution is 9.10. The van der Waals surface area contributed by atoms with Gasteiger partial charge in [0.25, 0.3) is 0 Å². The van der Waals surface area contributed by atoms with E-state index >= 15 is 0 Å². The van der Waals surface area contributed by atoms with Gasteiger partial charge in [0.1, 0.15) is 13.2 Å². The Labute approximate surface area is 182 Å². The molecule has 30 heavy (non-hydrogen) atoms. The lowest BCUT2D eigenvalue weighted by Crippen LogP contribution is -2.41. The Morgan fingerprint density at radius 3 is 2.23 bits per heavy atom. The third-order valence-corrected chi connectivity index (χ3v) is 6.31. The highest BCUT2D eigenvalue weighted by Gasteiger charge is 2.23. The van der Waals surface area contributed by atoms with Crippen LogP contribution in [0, 0.1) is 0 Å². The molecule has 2 aromatic carbocycles. The monoisotopic (exact) mass is 497 g/mol. The zero-order valence-corrected chi connectivity index (χ0v) is 18.6. The number of amides is 2. The molecular weight excluding hydrogens is 478 g/mol. The van der Waals surface area contributed by atoms with E-state index in [4.69, 9.17) is 9.47 Å². The number of nitrogens with one attached hydrogen (secondary N) is 3. The highest BCUT2D eigenvalue weighted by atomic mass is 79.9. The number of fused-ring (bicyclic) bond motifs is 1.